The average molecular weight is 295 g/mol. The fraction of sp³-hybridized carbons (Fsp3) is 0.733. The van der Waals surface area contributed by atoms with E-state index in [1.807, 2.05) is 12.4 Å². The predicted molar refractivity (Wildman–Crippen MR) is 86.4 cm³/mol. The highest BCUT2D eigenvalue weighted by Gasteiger charge is 2.07. The molecular weight excluding hydrogens is 266 g/mol. The third-order valence-electron chi connectivity index (χ3n) is 2.89. The van der Waals surface area contributed by atoms with Crippen LogP contribution in [-0.2, 0) is 17.8 Å². The third-order valence-corrected chi connectivity index (χ3v) is 2.89. The fourth-order valence-electron chi connectivity index (χ4n) is 2.05. The number of methoxy groups -OCH3 is 1. The maximum Gasteiger partial charge on any atom is 0.191 e. The van der Waals surface area contributed by atoms with Gasteiger partial charge in [0.1, 0.15) is 12.4 Å². The Morgan fingerprint density at radius 2 is 2.19 bits per heavy atom. The van der Waals surface area contributed by atoms with Crippen molar-refractivity contribution in [3.8, 4) is 0 Å². The highest BCUT2D eigenvalue weighted by Crippen LogP contribution is 2.04. The Morgan fingerprint density at radius 1 is 1.43 bits per heavy atom. The normalized spacial score (nSPS) is 13.5. The molecule has 0 radical (unpaired) electrons. The molecule has 1 heterocycles. The summed E-state index contributed by atoms with van der Waals surface area (Å²) in [6.45, 7) is 11.5. The Morgan fingerprint density at radius 3 is 2.81 bits per heavy atom. The Balaban J connectivity index is 2.67. The highest BCUT2D eigenvalue weighted by atomic mass is 16.5. The van der Waals surface area contributed by atoms with Gasteiger partial charge in [-0.15, -0.1) is 0 Å². The Bertz CT molecular complexity index is 427. The SMILES string of the molecule is CCNC(=NCc1nccn1CC(C)C)NC(C)COC. The van der Waals surface area contributed by atoms with Gasteiger partial charge in [0.25, 0.3) is 0 Å². The van der Waals surface area contributed by atoms with E-state index in [2.05, 4.69) is 52.9 Å². The molecule has 0 spiro atoms. The van der Waals surface area contributed by atoms with Gasteiger partial charge in [-0.05, 0) is 19.8 Å². The molecular formula is C15H29N5O. The number of hydrogen-bond acceptors (Lipinski definition) is 3. The summed E-state index contributed by atoms with van der Waals surface area (Å²) in [5, 5.41) is 6.56. The second-order valence-corrected chi connectivity index (χ2v) is 5.59. The van der Waals surface area contributed by atoms with Gasteiger partial charge in [-0.1, -0.05) is 13.8 Å². The molecule has 6 nitrogen and oxygen atoms in total. The van der Waals surface area contributed by atoms with Gasteiger partial charge in [0.05, 0.1) is 6.61 Å². The van der Waals surface area contributed by atoms with E-state index in [4.69, 9.17) is 4.74 Å². The second kappa shape index (κ2) is 9.39. The smallest absolute Gasteiger partial charge is 0.191 e. The molecule has 21 heavy (non-hydrogen) atoms. The van der Waals surface area contributed by atoms with E-state index < -0.39 is 0 Å². The standard InChI is InChI=1S/C15H29N5O/c1-6-16-15(19-13(4)11-21-5)18-9-14-17-7-8-20(14)10-12(2)3/h7-8,12-13H,6,9-11H2,1-5H3,(H2,16,18,19). The monoisotopic (exact) mass is 295 g/mol. The summed E-state index contributed by atoms with van der Waals surface area (Å²) >= 11 is 0. The van der Waals surface area contributed by atoms with Crippen LogP contribution in [0.5, 0.6) is 0 Å². The van der Waals surface area contributed by atoms with Crippen molar-refractivity contribution in [1.82, 2.24) is 20.2 Å². The van der Waals surface area contributed by atoms with Gasteiger partial charge >= 0.3 is 0 Å². The lowest BCUT2D eigenvalue weighted by Crippen LogP contribution is -2.44. The number of ether oxygens (including phenoxy) is 1. The molecule has 6 heteroatoms. The predicted octanol–water partition coefficient (Wildman–Crippen LogP) is 1.63. The van der Waals surface area contributed by atoms with E-state index in [1.54, 1.807) is 7.11 Å². The first-order valence-corrected chi connectivity index (χ1v) is 7.60. The number of nitrogens with one attached hydrogen (secondary N) is 2. The molecule has 0 aliphatic rings. The number of guanidine groups is 1. The summed E-state index contributed by atoms with van der Waals surface area (Å²) < 4.78 is 7.30. The lowest BCUT2D eigenvalue weighted by atomic mass is 10.2. The Labute approximate surface area is 128 Å². The second-order valence-electron chi connectivity index (χ2n) is 5.59. The van der Waals surface area contributed by atoms with Crippen LogP contribution in [0.1, 0.15) is 33.5 Å². The topological polar surface area (TPSA) is 63.5 Å². The summed E-state index contributed by atoms with van der Waals surface area (Å²) in [7, 11) is 1.70. The van der Waals surface area contributed by atoms with Crippen LogP contribution in [0.3, 0.4) is 0 Å². The van der Waals surface area contributed by atoms with Gasteiger partial charge in [-0.25, -0.2) is 9.98 Å². The van der Waals surface area contributed by atoms with Crippen molar-refractivity contribution < 1.29 is 4.74 Å². The van der Waals surface area contributed by atoms with Crippen molar-refractivity contribution in [1.29, 1.82) is 0 Å². The van der Waals surface area contributed by atoms with Crippen LogP contribution in [0.15, 0.2) is 17.4 Å². The van der Waals surface area contributed by atoms with Crippen LogP contribution in [0.25, 0.3) is 0 Å². The molecule has 1 unspecified atom stereocenters. The van der Waals surface area contributed by atoms with E-state index in [9.17, 15) is 0 Å². The molecule has 0 bridgehead atoms. The van der Waals surface area contributed by atoms with E-state index in [1.165, 1.54) is 0 Å². The Hall–Kier alpha value is -1.56. The molecule has 0 saturated carbocycles. The van der Waals surface area contributed by atoms with Gasteiger partial charge in [0.15, 0.2) is 5.96 Å². The van der Waals surface area contributed by atoms with Gasteiger partial charge in [-0.3, -0.25) is 0 Å². The molecule has 1 aromatic rings. The molecule has 1 atom stereocenters. The molecule has 0 aliphatic heterocycles. The number of imidazole rings is 1. The largest absolute Gasteiger partial charge is 0.383 e. The molecule has 0 aliphatic carbocycles. The first kappa shape index (κ1) is 17.5. The van der Waals surface area contributed by atoms with Crippen molar-refractivity contribution in [3.05, 3.63) is 18.2 Å². The maximum absolute atomic E-state index is 5.13. The van der Waals surface area contributed by atoms with Crippen LogP contribution in [0, 0.1) is 5.92 Å². The Kier molecular flexibility index (Phi) is 7.82. The molecule has 2 N–H and O–H groups in total. The minimum atomic E-state index is 0.211. The van der Waals surface area contributed by atoms with Crippen LogP contribution >= 0.6 is 0 Å². The van der Waals surface area contributed by atoms with E-state index in [-0.39, 0.29) is 6.04 Å². The van der Waals surface area contributed by atoms with Crippen molar-refractivity contribution in [2.45, 2.75) is 46.8 Å². The summed E-state index contributed by atoms with van der Waals surface area (Å²) in [5.41, 5.74) is 0. The van der Waals surface area contributed by atoms with Crippen LogP contribution in [-0.4, -0.2) is 41.8 Å². The molecule has 0 saturated heterocycles. The van der Waals surface area contributed by atoms with Gasteiger partial charge in [0, 0.05) is 38.6 Å². The average Bonchev–Trinajstić information content (AvgIpc) is 2.83. The van der Waals surface area contributed by atoms with Crippen molar-refractivity contribution in [2.24, 2.45) is 10.9 Å². The zero-order valence-electron chi connectivity index (χ0n) is 13.9. The van der Waals surface area contributed by atoms with Crippen molar-refractivity contribution >= 4 is 5.96 Å². The van der Waals surface area contributed by atoms with Gasteiger partial charge < -0.3 is 19.9 Å². The highest BCUT2D eigenvalue weighted by molar-refractivity contribution is 5.79. The van der Waals surface area contributed by atoms with E-state index in [0.29, 0.717) is 19.1 Å². The quantitative estimate of drug-likeness (QED) is 0.565. The number of hydrogen-bond donors (Lipinski definition) is 2. The fourth-order valence-corrected chi connectivity index (χ4v) is 2.05. The summed E-state index contributed by atoms with van der Waals surface area (Å²) in [6.07, 6.45) is 3.85. The van der Waals surface area contributed by atoms with Gasteiger partial charge in [-0.2, -0.15) is 0 Å². The zero-order chi connectivity index (χ0) is 15.7. The van der Waals surface area contributed by atoms with Crippen LogP contribution in [0.2, 0.25) is 0 Å². The number of aromatic nitrogens is 2. The minimum absolute atomic E-state index is 0.211. The van der Waals surface area contributed by atoms with Gasteiger partial charge in [0.2, 0.25) is 0 Å². The summed E-state index contributed by atoms with van der Waals surface area (Å²) in [4.78, 5) is 8.99. The molecule has 120 valence electrons. The minimum Gasteiger partial charge on any atom is -0.383 e. The van der Waals surface area contributed by atoms with Crippen molar-refractivity contribution in [3.63, 3.8) is 0 Å². The van der Waals surface area contributed by atoms with Crippen molar-refractivity contribution in [2.75, 3.05) is 20.3 Å². The van der Waals surface area contributed by atoms with Crippen LogP contribution < -0.4 is 10.6 Å². The van der Waals surface area contributed by atoms with E-state index in [0.717, 1.165) is 24.9 Å². The third kappa shape index (κ3) is 6.62. The summed E-state index contributed by atoms with van der Waals surface area (Å²) in [5.74, 6) is 2.37. The maximum atomic E-state index is 5.13. The number of aliphatic imine (C=N–C) groups is 1. The first-order chi connectivity index (χ1) is 10.1. The zero-order valence-corrected chi connectivity index (χ0v) is 13.9. The summed E-state index contributed by atoms with van der Waals surface area (Å²) in [6, 6.07) is 0.211. The molecule has 0 aromatic carbocycles. The first-order valence-electron chi connectivity index (χ1n) is 7.60. The van der Waals surface area contributed by atoms with E-state index >= 15 is 0 Å². The number of nitrogens with zero attached hydrogens (tertiary/aromatic N) is 3. The molecule has 1 aromatic heterocycles. The lowest BCUT2D eigenvalue weighted by molar-refractivity contribution is 0.179. The molecule has 0 amide bonds. The molecule has 0 fully saturated rings. The number of rotatable bonds is 8. The van der Waals surface area contributed by atoms with Crippen LogP contribution in [0.4, 0.5) is 0 Å². The molecule has 1 rings (SSSR count). The lowest BCUT2D eigenvalue weighted by Gasteiger charge is -2.17.